The van der Waals surface area contributed by atoms with Gasteiger partial charge in [-0.1, -0.05) is 6.07 Å². The molecule has 154 valence electrons. The molecule has 0 bridgehead atoms. The number of nitrogens with zero attached hydrogens (tertiary/aromatic N) is 4. The number of anilines is 1. The highest BCUT2D eigenvalue weighted by atomic mass is 32.1. The molecule has 0 aliphatic carbocycles. The lowest BCUT2D eigenvalue weighted by Crippen LogP contribution is -2.27. The third kappa shape index (κ3) is 3.95. The largest absolute Gasteiger partial charge is 0.397 e. The number of rotatable bonds is 5. The van der Waals surface area contributed by atoms with E-state index in [4.69, 9.17) is 5.73 Å². The molecule has 30 heavy (non-hydrogen) atoms. The van der Waals surface area contributed by atoms with Gasteiger partial charge in [0.15, 0.2) is 0 Å². The first-order valence-electron chi connectivity index (χ1n) is 10.4. The van der Waals surface area contributed by atoms with Crippen molar-refractivity contribution >= 4 is 22.9 Å². The van der Waals surface area contributed by atoms with Gasteiger partial charge in [-0.15, -0.1) is 11.3 Å². The smallest absolute Gasteiger partial charge is 0.229 e. The van der Waals surface area contributed by atoms with Crippen LogP contribution in [0.4, 0.5) is 5.69 Å². The van der Waals surface area contributed by atoms with Crippen molar-refractivity contribution in [2.45, 2.75) is 38.9 Å². The van der Waals surface area contributed by atoms with Gasteiger partial charge in [0.25, 0.3) is 0 Å². The summed E-state index contributed by atoms with van der Waals surface area (Å²) in [6, 6.07) is 9.99. The number of carbonyl (C=O) groups is 1. The van der Waals surface area contributed by atoms with Crippen molar-refractivity contribution in [1.29, 1.82) is 0 Å². The van der Waals surface area contributed by atoms with Crippen LogP contribution in [0.1, 0.15) is 35.4 Å². The van der Waals surface area contributed by atoms with Crippen molar-refractivity contribution in [1.82, 2.24) is 19.8 Å². The molecule has 5 heterocycles. The maximum atomic E-state index is 13.0. The van der Waals surface area contributed by atoms with Crippen molar-refractivity contribution in [2.75, 3.05) is 18.8 Å². The van der Waals surface area contributed by atoms with Crippen LogP contribution in [0.2, 0.25) is 0 Å². The Bertz CT molecular complexity index is 1060. The fourth-order valence-electron chi connectivity index (χ4n) is 4.24. The molecule has 0 unspecified atom stereocenters. The van der Waals surface area contributed by atoms with E-state index in [0.717, 1.165) is 28.4 Å². The van der Waals surface area contributed by atoms with Crippen LogP contribution in [0.3, 0.4) is 0 Å². The molecular formula is C23H25N5OS. The lowest BCUT2D eigenvalue weighted by Gasteiger charge is -2.16. The minimum absolute atomic E-state index is 0.0385. The zero-order valence-electron chi connectivity index (χ0n) is 16.9. The molecule has 3 aromatic rings. The number of hydrogen-bond donors (Lipinski definition) is 1. The van der Waals surface area contributed by atoms with Gasteiger partial charge in [0.05, 0.1) is 40.6 Å². The monoisotopic (exact) mass is 419 g/mol. The van der Waals surface area contributed by atoms with Crippen LogP contribution in [0.15, 0.2) is 41.9 Å². The molecule has 0 spiro atoms. The summed E-state index contributed by atoms with van der Waals surface area (Å²) in [5.74, 6) is 0.0385. The van der Waals surface area contributed by atoms with Crippen LogP contribution in [-0.2, 0) is 30.8 Å². The SMILES string of the molecule is Nc1ccc(-c2cccs2)nc1CC(=O)N1Cc2cc(CN3CCCC3)cnc2C1. The molecule has 1 amide bonds. The van der Waals surface area contributed by atoms with Crippen LogP contribution in [0.5, 0.6) is 0 Å². The molecule has 1 fully saturated rings. The maximum absolute atomic E-state index is 13.0. The van der Waals surface area contributed by atoms with Gasteiger partial charge < -0.3 is 10.6 Å². The van der Waals surface area contributed by atoms with E-state index in [1.807, 2.05) is 40.7 Å². The van der Waals surface area contributed by atoms with Crippen LogP contribution < -0.4 is 5.73 Å². The second-order valence-corrected chi connectivity index (χ2v) is 9.02. The summed E-state index contributed by atoms with van der Waals surface area (Å²) < 4.78 is 0. The molecule has 6 nitrogen and oxygen atoms in total. The number of aromatic nitrogens is 2. The number of pyridine rings is 2. The zero-order valence-corrected chi connectivity index (χ0v) is 17.7. The van der Waals surface area contributed by atoms with Gasteiger partial charge in [0.1, 0.15) is 0 Å². The van der Waals surface area contributed by atoms with Crippen LogP contribution in [0, 0.1) is 0 Å². The predicted molar refractivity (Wildman–Crippen MR) is 119 cm³/mol. The minimum Gasteiger partial charge on any atom is -0.397 e. The number of likely N-dealkylation sites (tertiary alicyclic amines) is 1. The molecule has 7 heteroatoms. The Kier molecular flexibility index (Phi) is 5.23. The first-order valence-corrected chi connectivity index (χ1v) is 11.3. The molecule has 0 radical (unpaired) electrons. The van der Waals surface area contributed by atoms with E-state index >= 15 is 0 Å². The maximum Gasteiger partial charge on any atom is 0.229 e. The van der Waals surface area contributed by atoms with E-state index in [1.54, 1.807) is 11.3 Å². The molecular weight excluding hydrogens is 394 g/mol. The molecule has 5 rings (SSSR count). The molecule has 0 aromatic carbocycles. The van der Waals surface area contributed by atoms with E-state index in [1.165, 1.54) is 31.5 Å². The quantitative estimate of drug-likeness (QED) is 0.685. The summed E-state index contributed by atoms with van der Waals surface area (Å²) in [7, 11) is 0. The van der Waals surface area contributed by atoms with E-state index < -0.39 is 0 Å². The van der Waals surface area contributed by atoms with Crippen LogP contribution in [0.25, 0.3) is 10.6 Å². The summed E-state index contributed by atoms with van der Waals surface area (Å²) >= 11 is 1.63. The number of hydrogen-bond acceptors (Lipinski definition) is 6. The summed E-state index contributed by atoms with van der Waals surface area (Å²) in [6.45, 7) is 4.45. The van der Waals surface area contributed by atoms with Gasteiger partial charge in [-0.3, -0.25) is 14.7 Å². The van der Waals surface area contributed by atoms with Crippen molar-refractivity contribution in [3.63, 3.8) is 0 Å². The zero-order chi connectivity index (χ0) is 20.5. The van der Waals surface area contributed by atoms with E-state index in [2.05, 4.69) is 20.9 Å². The number of amides is 1. The van der Waals surface area contributed by atoms with Crippen LogP contribution >= 0.6 is 11.3 Å². The molecule has 2 aliphatic rings. The molecule has 3 aromatic heterocycles. The summed E-state index contributed by atoms with van der Waals surface area (Å²) in [5.41, 5.74) is 11.6. The first-order chi connectivity index (χ1) is 14.7. The second-order valence-electron chi connectivity index (χ2n) is 8.07. The number of carbonyl (C=O) groups excluding carboxylic acids is 1. The van der Waals surface area contributed by atoms with Crippen molar-refractivity contribution in [3.8, 4) is 10.6 Å². The fourth-order valence-corrected chi connectivity index (χ4v) is 4.94. The van der Waals surface area contributed by atoms with Gasteiger partial charge in [0, 0.05) is 19.3 Å². The molecule has 0 atom stereocenters. The number of fused-ring (bicyclic) bond motifs is 1. The van der Waals surface area contributed by atoms with Gasteiger partial charge in [0.2, 0.25) is 5.91 Å². The van der Waals surface area contributed by atoms with Crippen molar-refractivity contribution in [3.05, 3.63) is 64.4 Å². The second kappa shape index (κ2) is 8.16. The molecule has 1 saturated heterocycles. The lowest BCUT2D eigenvalue weighted by atomic mass is 10.1. The van der Waals surface area contributed by atoms with Crippen molar-refractivity contribution in [2.24, 2.45) is 0 Å². The molecule has 2 aliphatic heterocycles. The first kappa shape index (κ1) is 19.2. The number of nitrogen functional groups attached to an aromatic ring is 1. The van der Waals surface area contributed by atoms with Gasteiger partial charge in [-0.2, -0.15) is 0 Å². The van der Waals surface area contributed by atoms with E-state index in [9.17, 15) is 4.79 Å². The molecule has 2 N–H and O–H groups in total. The Morgan fingerprint density at radius 3 is 2.83 bits per heavy atom. The summed E-state index contributed by atoms with van der Waals surface area (Å²) in [5, 5.41) is 2.02. The topological polar surface area (TPSA) is 75.3 Å². The highest BCUT2D eigenvalue weighted by Gasteiger charge is 2.26. The highest BCUT2D eigenvalue weighted by Crippen LogP contribution is 2.27. The number of thiophene rings is 1. The van der Waals surface area contributed by atoms with E-state index in [-0.39, 0.29) is 12.3 Å². The van der Waals surface area contributed by atoms with E-state index in [0.29, 0.717) is 24.5 Å². The third-order valence-corrected chi connectivity index (χ3v) is 6.77. The van der Waals surface area contributed by atoms with Gasteiger partial charge in [-0.05, 0) is 66.7 Å². The number of nitrogens with two attached hydrogens (primary N) is 1. The Hall–Kier alpha value is -2.77. The predicted octanol–water partition coefficient (Wildman–Crippen LogP) is 3.47. The van der Waals surface area contributed by atoms with Crippen LogP contribution in [-0.4, -0.2) is 38.8 Å². The summed E-state index contributed by atoms with van der Waals surface area (Å²) in [6.07, 6.45) is 4.74. The average molecular weight is 420 g/mol. The minimum atomic E-state index is 0.0385. The van der Waals surface area contributed by atoms with Crippen molar-refractivity contribution < 1.29 is 4.79 Å². The normalized spacial score (nSPS) is 16.2. The van der Waals surface area contributed by atoms with Gasteiger partial charge in [-0.25, -0.2) is 4.98 Å². The summed E-state index contributed by atoms with van der Waals surface area (Å²) in [4.78, 5) is 27.7. The third-order valence-electron chi connectivity index (χ3n) is 5.88. The lowest BCUT2D eigenvalue weighted by molar-refractivity contribution is -0.131. The Labute approximate surface area is 180 Å². The standard InChI is InChI=1S/C23H25N5OS/c24-18-5-6-19(22-4-3-9-30-22)26-20(18)11-23(29)28-14-17-10-16(12-25-21(17)15-28)13-27-7-1-2-8-27/h3-6,9-10,12H,1-2,7-8,11,13-15,24H2. The highest BCUT2D eigenvalue weighted by molar-refractivity contribution is 7.13. The average Bonchev–Trinajstić information content (AvgIpc) is 3.51. The fraction of sp³-hybridized carbons (Fsp3) is 0.348. The van der Waals surface area contributed by atoms with Gasteiger partial charge >= 0.3 is 0 Å². The Morgan fingerprint density at radius 2 is 2.03 bits per heavy atom. The Balaban J connectivity index is 1.27. The Morgan fingerprint density at radius 1 is 1.17 bits per heavy atom. The molecule has 0 saturated carbocycles.